The van der Waals surface area contributed by atoms with Crippen LogP contribution in [0.1, 0.15) is 18.4 Å². The molecule has 2 N–H and O–H groups in total. The van der Waals surface area contributed by atoms with Gasteiger partial charge in [-0.15, -0.1) is 24.0 Å². The summed E-state index contributed by atoms with van der Waals surface area (Å²) >= 11 is 0. The van der Waals surface area contributed by atoms with Gasteiger partial charge in [-0.25, -0.2) is 8.78 Å². The van der Waals surface area contributed by atoms with Crippen molar-refractivity contribution in [1.82, 2.24) is 15.5 Å². The normalized spacial score (nSPS) is 21.2. The highest BCUT2D eigenvalue weighted by Crippen LogP contribution is 2.26. The summed E-state index contributed by atoms with van der Waals surface area (Å²) in [5.41, 5.74) is 1.46. The van der Waals surface area contributed by atoms with E-state index in [4.69, 9.17) is 0 Å². The van der Waals surface area contributed by atoms with E-state index >= 15 is 0 Å². The van der Waals surface area contributed by atoms with Crippen molar-refractivity contribution in [3.63, 3.8) is 0 Å². The molecule has 2 heterocycles. The Balaban J connectivity index is 0.00000306. The molecule has 33 heavy (non-hydrogen) atoms. The van der Waals surface area contributed by atoms with Crippen molar-refractivity contribution in [2.45, 2.75) is 25.3 Å². The molecule has 5 nitrogen and oxygen atoms in total. The Kier molecular flexibility index (Phi) is 9.73. The van der Waals surface area contributed by atoms with Crippen LogP contribution in [0.3, 0.4) is 0 Å². The van der Waals surface area contributed by atoms with Crippen molar-refractivity contribution in [2.75, 3.05) is 51.2 Å². The molecule has 180 valence electrons. The Labute approximate surface area is 212 Å². The molecule has 2 aliphatic rings. The van der Waals surface area contributed by atoms with Crippen LogP contribution in [-0.2, 0) is 6.42 Å². The number of anilines is 1. The maximum absolute atomic E-state index is 14.1. The number of hydrogen-bond acceptors (Lipinski definition) is 3. The zero-order valence-electron chi connectivity index (χ0n) is 19.1. The fourth-order valence-electron chi connectivity index (χ4n) is 4.72. The third-order valence-corrected chi connectivity index (χ3v) is 6.49. The van der Waals surface area contributed by atoms with Crippen molar-refractivity contribution >= 4 is 35.6 Å². The van der Waals surface area contributed by atoms with Crippen LogP contribution in [-0.4, -0.2) is 63.2 Å². The zero-order chi connectivity index (χ0) is 22.3. The number of nitrogens with one attached hydrogen (secondary N) is 2. The number of nitrogens with zero attached hydrogens (tertiary/aromatic N) is 3. The summed E-state index contributed by atoms with van der Waals surface area (Å²) in [6.45, 7) is 5.37. The van der Waals surface area contributed by atoms with Crippen LogP contribution >= 0.6 is 24.0 Å². The molecule has 2 atom stereocenters. The van der Waals surface area contributed by atoms with Gasteiger partial charge in [-0.3, -0.25) is 4.99 Å². The second-order valence-corrected chi connectivity index (χ2v) is 8.79. The van der Waals surface area contributed by atoms with Crippen LogP contribution in [0.15, 0.2) is 53.5 Å². The van der Waals surface area contributed by atoms with Gasteiger partial charge in [-0.05, 0) is 49.4 Å². The second kappa shape index (κ2) is 12.5. The Morgan fingerprint density at radius 2 is 1.76 bits per heavy atom. The van der Waals surface area contributed by atoms with Gasteiger partial charge in [0.1, 0.15) is 17.3 Å². The topological polar surface area (TPSA) is 42.9 Å². The van der Waals surface area contributed by atoms with Gasteiger partial charge < -0.3 is 20.4 Å². The molecule has 0 bridgehead atoms. The summed E-state index contributed by atoms with van der Waals surface area (Å²) in [5.74, 6) is 0.336. The number of halogens is 3. The summed E-state index contributed by atoms with van der Waals surface area (Å²) in [4.78, 5) is 8.66. The molecule has 2 fully saturated rings. The molecule has 0 saturated carbocycles. The molecule has 0 spiro atoms. The van der Waals surface area contributed by atoms with Gasteiger partial charge in [0.15, 0.2) is 5.96 Å². The smallest absolute Gasteiger partial charge is 0.191 e. The molecule has 2 aliphatic heterocycles. The lowest BCUT2D eigenvalue weighted by molar-refractivity contribution is 0.328. The zero-order valence-corrected chi connectivity index (χ0v) is 21.5. The number of likely N-dealkylation sites (tertiary alicyclic amines) is 1. The van der Waals surface area contributed by atoms with Crippen LogP contribution in [0, 0.1) is 17.6 Å². The predicted octanol–water partition coefficient (Wildman–Crippen LogP) is 3.89. The Bertz CT molecular complexity index is 891. The van der Waals surface area contributed by atoms with E-state index in [1.165, 1.54) is 30.2 Å². The quantitative estimate of drug-likeness (QED) is 0.302. The van der Waals surface area contributed by atoms with Crippen LogP contribution in [0.25, 0.3) is 0 Å². The molecule has 2 unspecified atom stereocenters. The Morgan fingerprint density at radius 3 is 2.48 bits per heavy atom. The number of hydrogen-bond donors (Lipinski definition) is 2. The van der Waals surface area contributed by atoms with E-state index in [0.29, 0.717) is 19.0 Å². The molecular weight excluding hydrogens is 535 g/mol. The van der Waals surface area contributed by atoms with Gasteiger partial charge in [-0.2, -0.15) is 0 Å². The molecule has 0 aliphatic carbocycles. The third kappa shape index (κ3) is 7.02. The summed E-state index contributed by atoms with van der Waals surface area (Å²) in [6, 6.07) is 14.8. The minimum atomic E-state index is -0.508. The molecule has 2 aromatic rings. The van der Waals surface area contributed by atoms with E-state index in [1.54, 1.807) is 11.9 Å². The summed E-state index contributed by atoms with van der Waals surface area (Å²) in [7, 11) is 1.76. The van der Waals surface area contributed by atoms with Gasteiger partial charge in [-0.1, -0.05) is 36.4 Å². The minimum absolute atomic E-state index is 0. The van der Waals surface area contributed by atoms with Gasteiger partial charge in [0.2, 0.25) is 0 Å². The molecule has 0 radical (unpaired) electrons. The first-order valence-electron chi connectivity index (χ1n) is 11.5. The first-order valence-corrected chi connectivity index (χ1v) is 11.5. The van der Waals surface area contributed by atoms with Crippen molar-refractivity contribution in [3.8, 4) is 0 Å². The highest BCUT2D eigenvalue weighted by molar-refractivity contribution is 14.0. The van der Waals surface area contributed by atoms with Crippen molar-refractivity contribution in [1.29, 1.82) is 0 Å². The minimum Gasteiger partial charge on any atom is -0.365 e. The number of aliphatic imine (C=N–C) groups is 1. The van der Waals surface area contributed by atoms with Gasteiger partial charge in [0.05, 0.1) is 0 Å². The van der Waals surface area contributed by atoms with E-state index in [9.17, 15) is 8.78 Å². The van der Waals surface area contributed by atoms with Gasteiger partial charge >= 0.3 is 0 Å². The Hall–Kier alpha value is -1.94. The lowest BCUT2D eigenvalue weighted by Crippen LogP contribution is -2.46. The molecular formula is C25H34F2IN5. The molecule has 0 aromatic heterocycles. The van der Waals surface area contributed by atoms with Crippen LogP contribution in [0.2, 0.25) is 0 Å². The highest BCUT2D eigenvalue weighted by atomic mass is 127. The molecule has 2 saturated heterocycles. The number of benzene rings is 2. The van der Waals surface area contributed by atoms with Crippen LogP contribution < -0.4 is 15.5 Å². The van der Waals surface area contributed by atoms with E-state index in [1.807, 2.05) is 0 Å². The van der Waals surface area contributed by atoms with Gasteiger partial charge in [0.25, 0.3) is 0 Å². The molecule has 2 aromatic carbocycles. The molecule has 0 amide bonds. The second-order valence-electron chi connectivity index (χ2n) is 8.79. The van der Waals surface area contributed by atoms with Crippen molar-refractivity contribution in [3.05, 3.63) is 65.7 Å². The first kappa shape index (κ1) is 25.7. The van der Waals surface area contributed by atoms with Crippen molar-refractivity contribution < 1.29 is 8.78 Å². The number of guanidine groups is 1. The van der Waals surface area contributed by atoms with Crippen molar-refractivity contribution in [2.24, 2.45) is 10.9 Å². The monoisotopic (exact) mass is 569 g/mol. The van der Waals surface area contributed by atoms with E-state index in [0.717, 1.165) is 45.0 Å². The van der Waals surface area contributed by atoms with E-state index in [-0.39, 0.29) is 35.7 Å². The SMILES string of the molecule is CN=C(NCC1CCN(CCc2ccccc2)C1)NC1CCN(c2c(F)cccc2F)C1.I. The highest BCUT2D eigenvalue weighted by Gasteiger charge is 2.28. The lowest BCUT2D eigenvalue weighted by Gasteiger charge is -2.22. The predicted molar refractivity (Wildman–Crippen MR) is 142 cm³/mol. The maximum Gasteiger partial charge on any atom is 0.191 e. The first-order chi connectivity index (χ1) is 15.6. The van der Waals surface area contributed by atoms with Crippen LogP contribution in [0.4, 0.5) is 14.5 Å². The number of rotatable bonds is 7. The average molecular weight is 569 g/mol. The fraction of sp³-hybridized carbons (Fsp3) is 0.480. The average Bonchev–Trinajstić information content (AvgIpc) is 3.45. The summed E-state index contributed by atoms with van der Waals surface area (Å²) < 4.78 is 28.2. The van der Waals surface area contributed by atoms with E-state index < -0.39 is 11.6 Å². The van der Waals surface area contributed by atoms with Gasteiger partial charge in [0, 0.05) is 45.8 Å². The van der Waals surface area contributed by atoms with E-state index in [2.05, 4.69) is 50.9 Å². The lowest BCUT2D eigenvalue weighted by atomic mass is 10.1. The third-order valence-electron chi connectivity index (χ3n) is 6.49. The molecule has 8 heteroatoms. The standard InChI is InChI=1S/C25H33F2N5.HI/c1-28-25(30-21-12-15-32(18-21)24-22(26)8-5-9-23(24)27)29-16-20-11-14-31(17-20)13-10-19-6-3-2-4-7-19;/h2-9,20-21H,10-18H2,1H3,(H2,28,29,30);1H. The molecule has 4 rings (SSSR count). The van der Waals surface area contributed by atoms with Crippen LogP contribution in [0.5, 0.6) is 0 Å². The maximum atomic E-state index is 14.1. The summed E-state index contributed by atoms with van der Waals surface area (Å²) in [5, 5.41) is 6.88. The number of para-hydroxylation sites is 1. The summed E-state index contributed by atoms with van der Waals surface area (Å²) in [6.07, 6.45) is 3.08. The Morgan fingerprint density at radius 1 is 1.00 bits per heavy atom. The largest absolute Gasteiger partial charge is 0.365 e. The fourth-order valence-corrected chi connectivity index (χ4v) is 4.72.